The van der Waals surface area contributed by atoms with E-state index in [0.717, 1.165) is 34.6 Å². The van der Waals surface area contributed by atoms with Gasteiger partial charge >= 0.3 is 5.97 Å². The molecule has 1 heterocycles. The summed E-state index contributed by atoms with van der Waals surface area (Å²) >= 11 is 0. The topological polar surface area (TPSA) is 69.8 Å². The molecule has 0 unspecified atom stereocenters. The number of methoxy groups -OCH3 is 2. The minimum Gasteiger partial charge on any atom is -0.496 e. The molecule has 6 heteroatoms. The summed E-state index contributed by atoms with van der Waals surface area (Å²) in [5.74, 6) is 1.07. The quantitative estimate of drug-likeness (QED) is 0.162. The highest BCUT2D eigenvalue weighted by atomic mass is 16.5. The SMILES string of the molecule is C=C(/C=C\C(=C/CC)OCCOC)c1c(-c2cccc(OC)c2C)c[nH]c1C(=O)OCC.CC. The molecule has 1 aromatic heterocycles. The maximum Gasteiger partial charge on any atom is 0.355 e. The van der Waals surface area contributed by atoms with Crippen molar-refractivity contribution in [1.82, 2.24) is 4.98 Å². The smallest absolute Gasteiger partial charge is 0.355 e. The second-order valence-electron chi connectivity index (χ2n) is 7.02. The molecule has 2 aromatic rings. The average Bonchev–Trinajstić information content (AvgIpc) is 3.29. The number of rotatable bonds is 12. The first-order valence-corrected chi connectivity index (χ1v) is 11.7. The molecule has 0 bridgehead atoms. The van der Waals surface area contributed by atoms with Crippen LogP contribution in [0.1, 0.15) is 55.7 Å². The normalized spacial score (nSPS) is 11.1. The van der Waals surface area contributed by atoms with E-state index in [1.165, 1.54) is 0 Å². The monoisotopic (exact) mass is 469 g/mol. The number of esters is 1. The third-order valence-electron chi connectivity index (χ3n) is 4.89. The second kappa shape index (κ2) is 15.6. The number of carbonyl (C=O) groups excluding carboxylic acids is 1. The fourth-order valence-electron chi connectivity index (χ4n) is 3.35. The number of H-pyrrole nitrogens is 1. The molecular formula is C28H39NO5. The summed E-state index contributed by atoms with van der Waals surface area (Å²) < 4.78 is 21.6. The Balaban J connectivity index is 0.00000281. The average molecular weight is 470 g/mol. The van der Waals surface area contributed by atoms with Crippen molar-refractivity contribution in [3.05, 3.63) is 71.8 Å². The molecule has 0 saturated heterocycles. The van der Waals surface area contributed by atoms with E-state index in [0.29, 0.717) is 30.0 Å². The molecule has 1 N–H and O–H groups in total. The van der Waals surface area contributed by atoms with Gasteiger partial charge in [0.1, 0.15) is 23.8 Å². The molecule has 1 aromatic carbocycles. The van der Waals surface area contributed by atoms with Crippen molar-refractivity contribution in [2.45, 2.75) is 41.0 Å². The lowest BCUT2D eigenvalue weighted by Gasteiger charge is -2.13. The van der Waals surface area contributed by atoms with Crippen LogP contribution in [-0.2, 0) is 14.2 Å². The first-order valence-electron chi connectivity index (χ1n) is 11.7. The molecule has 0 saturated carbocycles. The van der Waals surface area contributed by atoms with Crippen LogP contribution in [0.5, 0.6) is 5.75 Å². The van der Waals surface area contributed by atoms with Gasteiger partial charge in [-0.3, -0.25) is 0 Å². The molecule has 0 radical (unpaired) electrons. The minimum atomic E-state index is -0.426. The number of benzene rings is 1. The maximum absolute atomic E-state index is 12.6. The van der Waals surface area contributed by atoms with Gasteiger partial charge in [-0.15, -0.1) is 0 Å². The fraction of sp³-hybridized carbons (Fsp3) is 0.393. The van der Waals surface area contributed by atoms with Gasteiger partial charge in [0.2, 0.25) is 0 Å². The van der Waals surface area contributed by atoms with Gasteiger partial charge in [-0.1, -0.05) is 45.6 Å². The summed E-state index contributed by atoms with van der Waals surface area (Å²) in [7, 11) is 3.27. The molecule has 0 spiro atoms. The highest BCUT2D eigenvalue weighted by Crippen LogP contribution is 2.37. The zero-order valence-electron chi connectivity index (χ0n) is 21.6. The molecule has 0 amide bonds. The van der Waals surface area contributed by atoms with Crippen LogP contribution >= 0.6 is 0 Å². The number of hydrogen-bond donors (Lipinski definition) is 1. The molecule has 0 aliphatic heterocycles. The number of aromatic nitrogens is 1. The van der Waals surface area contributed by atoms with Crippen LogP contribution in [0.15, 0.2) is 55.0 Å². The maximum atomic E-state index is 12.6. The number of allylic oxidation sites excluding steroid dienone is 4. The van der Waals surface area contributed by atoms with Crippen molar-refractivity contribution in [2.75, 3.05) is 34.0 Å². The molecule has 0 aliphatic rings. The minimum absolute atomic E-state index is 0.282. The van der Waals surface area contributed by atoms with Crippen LogP contribution in [0.2, 0.25) is 0 Å². The highest BCUT2D eigenvalue weighted by Gasteiger charge is 2.22. The molecule has 186 valence electrons. The van der Waals surface area contributed by atoms with Gasteiger partial charge in [-0.2, -0.15) is 0 Å². The lowest BCUT2D eigenvalue weighted by atomic mass is 9.94. The Morgan fingerprint density at radius 2 is 1.79 bits per heavy atom. The molecule has 6 nitrogen and oxygen atoms in total. The Labute approximate surface area is 204 Å². The van der Waals surface area contributed by atoms with Gasteiger partial charge in [-0.05, 0) is 55.2 Å². The van der Waals surface area contributed by atoms with E-state index in [2.05, 4.69) is 11.6 Å². The van der Waals surface area contributed by atoms with E-state index in [1.54, 1.807) is 27.3 Å². The van der Waals surface area contributed by atoms with Gasteiger partial charge in [-0.25, -0.2) is 4.79 Å². The van der Waals surface area contributed by atoms with E-state index in [9.17, 15) is 4.79 Å². The predicted molar refractivity (Wildman–Crippen MR) is 139 cm³/mol. The van der Waals surface area contributed by atoms with Crippen molar-refractivity contribution < 1.29 is 23.7 Å². The van der Waals surface area contributed by atoms with E-state index >= 15 is 0 Å². The molecule has 0 fully saturated rings. The summed E-state index contributed by atoms with van der Waals surface area (Å²) in [4.78, 5) is 15.7. The van der Waals surface area contributed by atoms with Crippen molar-refractivity contribution in [2.24, 2.45) is 0 Å². The summed E-state index contributed by atoms with van der Waals surface area (Å²) in [5.41, 5.74) is 4.46. The van der Waals surface area contributed by atoms with Crippen molar-refractivity contribution >= 4 is 11.5 Å². The molecule has 34 heavy (non-hydrogen) atoms. The number of hydrogen-bond acceptors (Lipinski definition) is 5. The summed E-state index contributed by atoms with van der Waals surface area (Å²) in [5, 5.41) is 0. The van der Waals surface area contributed by atoms with E-state index in [-0.39, 0.29) is 6.61 Å². The van der Waals surface area contributed by atoms with Gasteiger partial charge in [0.15, 0.2) is 0 Å². The van der Waals surface area contributed by atoms with Crippen molar-refractivity contribution in [1.29, 1.82) is 0 Å². The van der Waals surface area contributed by atoms with Crippen LogP contribution in [0.4, 0.5) is 0 Å². The Morgan fingerprint density at radius 3 is 2.41 bits per heavy atom. The first-order chi connectivity index (χ1) is 16.5. The number of nitrogens with one attached hydrogen (secondary N) is 1. The van der Waals surface area contributed by atoms with Crippen LogP contribution < -0.4 is 4.74 Å². The van der Waals surface area contributed by atoms with E-state index < -0.39 is 5.97 Å². The summed E-state index contributed by atoms with van der Waals surface area (Å²) in [6, 6.07) is 5.82. The Hall–Kier alpha value is -3.25. The lowest BCUT2D eigenvalue weighted by Crippen LogP contribution is -2.07. The zero-order valence-corrected chi connectivity index (χ0v) is 21.6. The summed E-state index contributed by atoms with van der Waals surface area (Å²) in [6.45, 7) is 15.3. The third-order valence-corrected chi connectivity index (χ3v) is 4.89. The third kappa shape index (κ3) is 7.66. The van der Waals surface area contributed by atoms with Crippen molar-refractivity contribution in [3.8, 4) is 16.9 Å². The molecule has 0 atom stereocenters. The molecule has 0 aliphatic carbocycles. The number of aromatic amines is 1. The Bertz CT molecular complexity index is 985. The number of ether oxygens (including phenoxy) is 4. The highest BCUT2D eigenvalue weighted by molar-refractivity contribution is 6.00. The van der Waals surface area contributed by atoms with E-state index in [4.69, 9.17) is 18.9 Å². The molecule has 2 rings (SSSR count). The molecular weight excluding hydrogens is 430 g/mol. The van der Waals surface area contributed by atoms with Crippen LogP contribution in [0, 0.1) is 6.92 Å². The standard InChI is InChI=1S/C26H33NO5.C2H6/c1-7-10-20(32-16-15-29-5)14-13-18(3)24-22(17-27-25(24)26(28)31-8-2)21-11-9-12-23(30-6)19(21)4;1-2/h9-14,17,27H,3,7-8,15-16H2,1-2,4-6H3;1-2H3/b14-13-,20-10+;. The van der Waals surface area contributed by atoms with Gasteiger partial charge < -0.3 is 23.9 Å². The van der Waals surface area contributed by atoms with Gasteiger partial charge in [0, 0.05) is 24.4 Å². The van der Waals surface area contributed by atoms with E-state index in [1.807, 2.05) is 64.1 Å². The van der Waals surface area contributed by atoms with Crippen molar-refractivity contribution in [3.63, 3.8) is 0 Å². The van der Waals surface area contributed by atoms with Crippen LogP contribution in [0.3, 0.4) is 0 Å². The van der Waals surface area contributed by atoms with Crippen LogP contribution in [-0.4, -0.2) is 45.0 Å². The Morgan fingerprint density at radius 1 is 1.06 bits per heavy atom. The number of carbonyl (C=O) groups is 1. The second-order valence-corrected chi connectivity index (χ2v) is 7.02. The largest absolute Gasteiger partial charge is 0.496 e. The zero-order chi connectivity index (χ0) is 25.5. The first kappa shape index (κ1) is 28.8. The Kier molecular flexibility index (Phi) is 13.2. The fourth-order valence-corrected chi connectivity index (χ4v) is 3.35. The van der Waals surface area contributed by atoms with Crippen LogP contribution in [0.25, 0.3) is 16.7 Å². The lowest BCUT2D eigenvalue weighted by molar-refractivity contribution is 0.0520. The van der Waals surface area contributed by atoms with Gasteiger partial charge in [0.25, 0.3) is 0 Å². The summed E-state index contributed by atoms with van der Waals surface area (Å²) in [6.07, 6.45) is 8.31. The van der Waals surface area contributed by atoms with Gasteiger partial charge in [0.05, 0.1) is 20.3 Å². The predicted octanol–water partition coefficient (Wildman–Crippen LogP) is 6.73.